The number of nitrogens with one attached hydrogen (secondary N) is 3. The predicted molar refractivity (Wildman–Crippen MR) is 82.6 cm³/mol. The Morgan fingerprint density at radius 1 is 1.23 bits per heavy atom. The minimum Gasteiger partial charge on any atom is -0.493 e. The maximum atomic E-state index is 11.8. The molecular weight excluding hydrogens is 310 g/mol. The van der Waals surface area contributed by atoms with Crippen molar-refractivity contribution in [2.75, 3.05) is 11.9 Å². The van der Waals surface area contributed by atoms with E-state index in [0.29, 0.717) is 16.5 Å². The highest BCUT2D eigenvalue weighted by atomic mass is 35.5. The number of rotatable bonds is 5. The lowest BCUT2D eigenvalue weighted by molar-refractivity contribution is -0.116. The van der Waals surface area contributed by atoms with E-state index in [1.807, 2.05) is 4.98 Å². The number of aryl methyl sites for hydroxylation is 1. The lowest BCUT2D eigenvalue weighted by Gasteiger charge is -2.08. The van der Waals surface area contributed by atoms with Gasteiger partial charge < -0.3 is 15.0 Å². The summed E-state index contributed by atoms with van der Waals surface area (Å²) in [7, 11) is 0. The van der Waals surface area contributed by atoms with Crippen LogP contribution in [0.3, 0.4) is 0 Å². The first-order valence-electron chi connectivity index (χ1n) is 6.47. The normalized spacial score (nSPS) is 10.3. The van der Waals surface area contributed by atoms with Crippen LogP contribution in [0.5, 0.6) is 5.75 Å². The molecule has 1 aromatic carbocycles. The van der Waals surface area contributed by atoms with Gasteiger partial charge in [-0.05, 0) is 31.2 Å². The van der Waals surface area contributed by atoms with Gasteiger partial charge in [-0.15, -0.1) is 0 Å². The van der Waals surface area contributed by atoms with Gasteiger partial charge in [0.2, 0.25) is 5.91 Å². The summed E-state index contributed by atoms with van der Waals surface area (Å²) in [5.74, 6) is 0.199. The van der Waals surface area contributed by atoms with Crippen molar-refractivity contribution in [3.05, 3.63) is 55.8 Å². The topological polar surface area (TPSA) is 104 Å². The first-order valence-corrected chi connectivity index (χ1v) is 6.85. The van der Waals surface area contributed by atoms with Crippen molar-refractivity contribution in [1.29, 1.82) is 0 Å². The van der Waals surface area contributed by atoms with Gasteiger partial charge in [-0.3, -0.25) is 14.6 Å². The van der Waals surface area contributed by atoms with Crippen LogP contribution in [0.2, 0.25) is 5.02 Å². The maximum absolute atomic E-state index is 11.8. The molecule has 2 rings (SSSR count). The molecule has 0 saturated carbocycles. The van der Waals surface area contributed by atoms with E-state index in [4.69, 9.17) is 16.3 Å². The van der Waals surface area contributed by atoms with Crippen molar-refractivity contribution in [2.24, 2.45) is 0 Å². The molecule has 0 bridgehead atoms. The molecule has 22 heavy (non-hydrogen) atoms. The second-order valence-electron chi connectivity index (χ2n) is 4.51. The van der Waals surface area contributed by atoms with Crippen molar-refractivity contribution >= 4 is 23.2 Å². The third-order valence-electron chi connectivity index (χ3n) is 2.81. The Bertz CT molecular complexity index is 780. The molecule has 1 amide bonds. The molecule has 0 unspecified atom stereocenters. The van der Waals surface area contributed by atoms with Crippen LogP contribution >= 0.6 is 11.6 Å². The molecular formula is C14H14ClN3O4. The Labute approximate surface area is 130 Å². The minimum absolute atomic E-state index is 0.0242. The number of hydrogen-bond acceptors (Lipinski definition) is 4. The van der Waals surface area contributed by atoms with Gasteiger partial charge in [-0.2, -0.15) is 0 Å². The number of carbonyl (C=O) groups excluding carboxylic acids is 1. The van der Waals surface area contributed by atoms with E-state index in [2.05, 4.69) is 10.3 Å². The summed E-state index contributed by atoms with van der Waals surface area (Å²) in [4.78, 5) is 38.9. The first kappa shape index (κ1) is 15.8. The summed E-state index contributed by atoms with van der Waals surface area (Å²) in [6, 6.07) is 6.74. The van der Waals surface area contributed by atoms with Gasteiger partial charge in [-0.25, -0.2) is 4.79 Å². The van der Waals surface area contributed by atoms with Crippen molar-refractivity contribution in [2.45, 2.75) is 13.3 Å². The predicted octanol–water partition coefficient (Wildman–Crippen LogP) is 1.43. The third kappa shape index (κ3) is 4.23. The molecule has 8 heteroatoms. The average Bonchev–Trinajstić information content (AvgIpc) is 2.45. The Hall–Kier alpha value is -2.54. The Morgan fingerprint density at radius 2 is 1.91 bits per heavy atom. The van der Waals surface area contributed by atoms with Crippen molar-refractivity contribution in [3.8, 4) is 5.75 Å². The molecule has 0 aliphatic carbocycles. The van der Waals surface area contributed by atoms with Crippen molar-refractivity contribution < 1.29 is 9.53 Å². The molecule has 0 radical (unpaired) electrons. The molecule has 116 valence electrons. The van der Waals surface area contributed by atoms with Crippen LogP contribution < -0.4 is 21.3 Å². The van der Waals surface area contributed by atoms with E-state index in [9.17, 15) is 14.4 Å². The fourth-order valence-corrected chi connectivity index (χ4v) is 1.87. The SMILES string of the molecule is Cc1[nH]c(=O)[nH]c(=O)c1NC(=O)CCOc1ccc(Cl)cc1. The number of amides is 1. The van der Waals surface area contributed by atoms with Crippen LogP contribution in [0.4, 0.5) is 5.69 Å². The quantitative estimate of drug-likeness (QED) is 0.774. The highest BCUT2D eigenvalue weighted by Crippen LogP contribution is 2.15. The molecule has 0 aliphatic heterocycles. The smallest absolute Gasteiger partial charge is 0.326 e. The molecule has 0 spiro atoms. The van der Waals surface area contributed by atoms with Crippen LogP contribution in [-0.2, 0) is 4.79 Å². The summed E-state index contributed by atoms with van der Waals surface area (Å²) < 4.78 is 5.39. The van der Waals surface area contributed by atoms with Crippen LogP contribution in [0.1, 0.15) is 12.1 Å². The number of halogens is 1. The van der Waals surface area contributed by atoms with Crippen LogP contribution in [0.15, 0.2) is 33.9 Å². The monoisotopic (exact) mass is 323 g/mol. The summed E-state index contributed by atoms with van der Waals surface area (Å²) in [5.41, 5.74) is -0.948. The number of hydrogen-bond donors (Lipinski definition) is 3. The number of carbonyl (C=O) groups is 1. The molecule has 0 fully saturated rings. The van der Waals surface area contributed by atoms with E-state index < -0.39 is 17.2 Å². The molecule has 1 heterocycles. The van der Waals surface area contributed by atoms with Gasteiger partial charge in [0.1, 0.15) is 11.4 Å². The summed E-state index contributed by atoms with van der Waals surface area (Å²) in [6.45, 7) is 1.67. The van der Waals surface area contributed by atoms with Gasteiger partial charge in [0, 0.05) is 10.7 Å². The fourth-order valence-electron chi connectivity index (χ4n) is 1.74. The Morgan fingerprint density at radius 3 is 2.55 bits per heavy atom. The minimum atomic E-state index is -0.645. The van der Waals surface area contributed by atoms with E-state index in [0.717, 1.165) is 0 Å². The van der Waals surface area contributed by atoms with Gasteiger partial charge in [0.05, 0.1) is 13.0 Å². The summed E-state index contributed by atoms with van der Waals surface area (Å²) >= 11 is 5.75. The lowest BCUT2D eigenvalue weighted by Crippen LogP contribution is -2.29. The molecule has 0 aliphatic rings. The number of aromatic amines is 2. The van der Waals surface area contributed by atoms with E-state index in [1.165, 1.54) is 6.92 Å². The second-order valence-corrected chi connectivity index (χ2v) is 4.95. The first-order chi connectivity index (χ1) is 10.5. The highest BCUT2D eigenvalue weighted by molar-refractivity contribution is 6.30. The van der Waals surface area contributed by atoms with Gasteiger partial charge in [0.25, 0.3) is 5.56 Å². The van der Waals surface area contributed by atoms with Crippen LogP contribution in [-0.4, -0.2) is 22.5 Å². The van der Waals surface area contributed by atoms with Crippen molar-refractivity contribution in [3.63, 3.8) is 0 Å². The highest BCUT2D eigenvalue weighted by Gasteiger charge is 2.10. The molecule has 0 atom stereocenters. The summed E-state index contributed by atoms with van der Waals surface area (Å²) in [5, 5.41) is 3.04. The largest absolute Gasteiger partial charge is 0.493 e. The van der Waals surface area contributed by atoms with Crippen molar-refractivity contribution in [1.82, 2.24) is 9.97 Å². The Kier molecular flexibility index (Phi) is 5.00. The standard InChI is InChI=1S/C14H14ClN3O4/c1-8-12(13(20)18-14(21)16-8)17-11(19)6-7-22-10-4-2-9(15)3-5-10/h2-5H,6-7H2,1H3,(H,17,19)(H2,16,18,20,21). The van der Waals surface area contributed by atoms with Gasteiger partial charge >= 0.3 is 5.69 Å². The number of H-pyrrole nitrogens is 2. The molecule has 1 aromatic heterocycles. The summed E-state index contributed by atoms with van der Waals surface area (Å²) in [6.07, 6.45) is 0.0562. The molecule has 3 N–H and O–H groups in total. The van der Waals surface area contributed by atoms with Crippen LogP contribution in [0, 0.1) is 6.92 Å². The maximum Gasteiger partial charge on any atom is 0.326 e. The van der Waals surface area contributed by atoms with E-state index in [1.54, 1.807) is 24.3 Å². The number of anilines is 1. The number of aromatic nitrogens is 2. The zero-order chi connectivity index (χ0) is 16.1. The van der Waals surface area contributed by atoms with Crippen LogP contribution in [0.25, 0.3) is 0 Å². The molecule has 7 nitrogen and oxygen atoms in total. The van der Waals surface area contributed by atoms with E-state index in [-0.39, 0.29) is 18.7 Å². The fraction of sp³-hybridized carbons (Fsp3) is 0.214. The molecule has 2 aromatic rings. The Balaban J connectivity index is 1.90. The van der Waals surface area contributed by atoms with E-state index >= 15 is 0 Å². The second kappa shape index (κ2) is 6.95. The van der Waals surface area contributed by atoms with Gasteiger partial charge in [-0.1, -0.05) is 11.6 Å². The number of benzene rings is 1. The lowest BCUT2D eigenvalue weighted by atomic mass is 10.3. The zero-order valence-corrected chi connectivity index (χ0v) is 12.5. The molecule has 0 saturated heterocycles. The van der Waals surface area contributed by atoms with Gasteiger partial charge in [0.15, 0.2) is 0 Å². The third-order valence-corrected chi connectivity index (χ3v) is 3.06. The average molecular weight is 324 g/mol. The number of ether oxygens (including phenoxy) is 1. The zero-order valence-electron chi connectivity index (χ0n) is 11.7.